The van der Waals surface area contributed by atoms with E-state index in [0.717, 1.165) is 0 Å². The summed E-state index contributed by atoms with van der Waals surface area (Å²) in [5.41, 5.74) is 0. The minimum Gasteiger partial charge on any atom is -0.379 e. The van der Waals surface area contributed by atoms with Gasteiger partial charge >= 0.3 is 47.7 Å². The first kappa shape index (κ1) is 31.2. The van der Waals surface area contributed by atoms with Gasteiger partial charge in [-0.05, 0) is 6.42 Å². The van der Waals surface area contributed by atoms with Crippen LogP contribution in [-0.2, 0) is 4.74 Å². The van der Waals surface area contributed by atoms with Crippen LogP contribution in [-0.4, -0.2) is 61.0 Å². The van der Waals surface area contributed by atoms with Crippen LogP contribution in [0, 0.1) is 0 Å². The lowest BCUT2D eigenvalue weighted by Crippen LogP contribution is -2.73. The van der Waals surface area contributed by atoms with Crippen LogP contribution in [0.1, 0.15) is 32.6 Å². The predicted molar refractivity (Wildman–Crippen MR) is 79.2 cm³/mol. The highest BCUT2D eigenvalue weighted by molar-refractivity contribution is 5.67. The zero-order chi connectivity index (χ0) is 26.7. The summed E-state index contributed by atoms with van der Waals surface area (Å²) in [6, 6.07) is 0. The summed E-state index contributed by atoms with van der Waals surface area (Å²) in [6.45, 7) is -2.70. The molecule has 33 heavy (non-hydrogen) atoms. The van der Waals surface area contributed by atoms with E-state index in [4.69, 9.17) is 0 Å². The van der Waals surface area contributed by atoms with Gasteiger partial charge in [0.05, 0.1) is 0 Å². The molecule has 0 aliphatic carbocycles. The fourth-order valence-corrected chi connectivity index (χ4v) is 2.05. The van der Waals surface area contributed by atoms with Crippen LogP contribution in [0.3, 0.4) is 0 Å². The maximum absolute atomic E-state index is 13.5. The van der Waals surface area contributed by atoms with Gasteiger partial charge in [0.25, 0.3) is 0 Å². The molecule has 0 bridgehead atoms. The minimum absolute atomic E-state index is 0.0171. The average Bonchev–Trinajstić information content (AvgIpc) is 2.66. The van der Waals surface area contributed by atoms with Crippen molar-refractivity contribution in [2.75, 3.05) is 13.2 Å². The van der Waals surface area contributed by atoms with Gasteiger partial charge in [0.1, 0.15) is 0 Å². The van der Waals surface area contributed by atoms with Gasteiger partial charge < -0.3 is 10.1 Å². The molecule has 0 aromatic rings. The third kappa shape index (κ3) is 5.33. The van der Waals surface area contributed by atoms with Gasteiger partial charge in [-0.1, -0.05) is 26.2 Å². The van der Waals surface area contributed by atoms with Gasteiger partial charge in [-0.2, -0.15) is 61.5 Å². The second-order valence-corrected chi connectivity index (χ2v) is 6.60. The second kappa shape index (κ2) is 9.84. The molecular weight excluding hydrogens is 511 g/mol. The standard InChI is InChI=1S/C15H16F15NO2/c1-2-3-4-5-6-31-8(32)33-15(29,30)14(27,28)13(25,26)12(23,24)11(21,22)10(19,20)9(17,18)7-16/h2-7H2,1H3,(H,31,32). The minimum atomic E-state index is -8.35. The van der Waals surface area contributed by atoms with Crippen molar-refractivity contribution >= 4 is 6.09 Å². The maximum Gasteiger partial charge on any atom is 0.474 e. The summed E-state index contributed by atoms with van der Waals surface area (Å²) < 4.78 is 200. The molecule has 18 heteroatoms. The second-order valence-electron chi connectivity index (χ2n) is 6.60. The van der Waals surface area contributed by atoms with E-state index < -0.39 is 61.0 Å². The Balaban J connectivity index is 5.95. The predicted octanol–water partition coefficient (Wildman–Crippen LogP) is 6.67. The van der Waals surface area contributed by atoms with Crippen molar-refractivity contribution in [1.29, 1.82) is 0 Å². The summed E-state index contributed by atoms with van der Waals surface area (Å²) in [4.78, 5) is 11.1. The summed E-state index contributed by atoms with van der Waals surface area (Å²) >= 11 is 0. The molecule has 0 heterocycles. The van der Waals surface area contributed by atoms with Crippen LogP contribution in [0.5, 0.6) is 0 Å². The Morgan fingerprint density at radius 1 is 0.667 bits per heavy atom. The molecule has 0 aliphatic heterocycles. The number of nitrogens with one attached hydrogen (secondary N) is 1. The number of unbranched alkanes of at least 4 members (excludes halogenated alkanes) is 3. The zero-order valence-electron chi connectivity index (χ0n) is 16.2. The molecule has 0 aromatic carbocycles. The first-order valence-corrected chi connectivity index (χ1v) is 8.69. The topological polar surface area (TPSA) is 38.3 Å². The monoisotopic (exact) mass is 527 g/mol. The van der Waals surface area contributed by atoms with Crippen LogP contribution >= 0.6 is 0 Å². The quantitative estimate of drug-likeness (QED) is 0.215. The molecule has 0 atom stereocenters. The molecule has 0 fully saturated rings. The average molecular weight is 527 g/mol. The van der Waals surface area contributed by atoms with Crippen molar-refractivity contribution in [3.8, 4) is 0 Å². The molecule has 0 unspecified atom stereocenters. The third-order valence-electron chi connectivity index (χ3n) is 4.09. The molecule has 0 spiro atoms. The smallest absolute Gasteiger partial charge is 0.379 e. The normalized spacial score (nSPS) is 14.9. The number of alkyl halides is 15. The van der Waals surface area contributed by atoms with Crippen molar-refractivity contribution in [2.45, 2.75) is 74.3 Å². The fourth-order valence-electron chi connectivity index (χ4n) is 2.05. The maximum atomic E-state index is 13.5. The molecule has 0 aromatic heterocycles. The van der Waals surface area contributed by atoms with E-state index in [1.165, 1.54) is 5.32 Å². The van der Waals surface area contributed by atoms with Crippen LogP contribution in [0.15, 0.2) is 0 Å². The molecule has 3 nitrogen and oxygen atoms in total. The first-order chi connectivity index (χ1) is 14.5. The number of alkyl carbamates (subject to hydrolysis) is 1. The number of ether oxygens (including phenoxy) is 1. The molecular formula is C15H16F15NO2. The summed E-state index contributed by atoms with van der Waals surface area (Å²) in [7, 11) is 0. The van der Waals surface area contributed by atoms with Crippen molar-refractivity contribution in [3.05, 3.63) is 0 Å². The Morgan fingerprint density at radius 2 is 1.09 bits per heavy atom. The van der Waals surface area contributed by atoms with Crippen molar-refractivity contribution < 1.29 is 75.4 Å². The van der Waals surface area contributed by atoms with Crippen LogP contribution < -0.4 is 5.32 Å². The fraction of sp³-hybridized carbons (Fsp3) is 0.933. The van der Waals surface area contributed by atoms with E-state index >= 15 is 0 Å². The number of rotatable bonds is 13. The number of amides is 1. The van der Waals surface area contributed by atoms with Gasteiger partial charge in [0.15, 0.2) is 6.67 Å². The highest BCUT2D eigenvalue weighted by Crippen LogP contribution is 2.62. The molecule has 0 aliphatic rings. The van der Waals surface area contributed by atoms with Crippen LogP contribution in [0.2, 0.25) is 0 Å². The summed E-state index contributed by atoms with van der Waals surface area (Å²) in [5, 5.41) is 1.33. The Hall–Kier alpha value is -1.78. The van der Waals surface area contributed by atoms with Gasteiger partial charge in [-0.3, -0.25) is 0 Å². The lowest BCUT2D eigenvalue weighted by Gasteiger charge is -2.41. The van der Waals surface area contributed by atoms with Gasteiger partial charge in [0.2, 0.25) is 0 Å². The van der Waals surface area contributed by atoms with Crippen LogP contribution in [0.4, 0.5) is 70.7 Å². The Morgan fingerprint density at radius 3 is 1.52 bits per heavy atom. The highest BCUT2D eigenvalue weighted by atomic mass is 19.4. The Bertz CT molecular complexity index is 666. The Kier molecular flexibility index (Phi) is 9.30. The third-order valence-corrected chi connectivity index (χ3v) is 4.09. The van der Waals surface area contributed by atoms with Crippen molar-refractivity contribution in [2.24, 2.45) is 0 Å². The van der Waals surface area contributed by atoms with E-state index in [2.05, 4.69) is 4.74 Å². The highest BCUT2D eigenvalue weighted by Gasteiger charge is 2.93. The van der Waals surface area contributed by atoms with Gasteiger partial charge in [0, 0.05) is 6.54 Å². The van der Waals surface area contributed by atoms with Crippen molar-refractivity contribution in [1.82, 2.24) is 5.32 Å². The number of carbonyl (C=O) groups excluding carboxylic acids is 1. The summed E-state index contributed by atoms with van der Waals surface area (Å²) in [6.07, 6.45) is -8.10. The Labute approximate surface area is 175 Å². The van der Waals surface area contributed by atoms with Crippen LogP contribution in [0.25, 0.3) is 0 Å². The van der Waals surface area contributed by atoms with E-state index in [1.54, 1.807) is 6.92 Å². The molecule has 1 amide bonds. The number of carbonyl (C=O) groups is 1. The zero-order valence-corrected chi connectivity index (χ0v) is 16.2. The molecule has 0 saturated heterocycles. The first-order valence-electron chi connectivity index (χ1n) is 8.69. The molecule has 0 rings (SSSR count). The molecule has 1 N–H and O–H groups in total. The van der Waals surface area contributed by atoms with E-state index in [9.17, 15) is 70.7 Å². The lowest BCUT2D eigenvalue weighted by atomic mass is 9.91. The van der Waals surface area contributed by atoms with E-state index in [0.29, 0.717) is 19.3 Å². The number of halogens is 15. The molecule has 0 radical (unpaired) electrons. The largest absolute Gasteiger partial charge is 0.474 e. The van der Waals surface area contributed by atoms with E-state index in [1.807, 2.05) is 0 Å². The molecule has 0 saturated carbocycles. The number of hydrogen-bond donors (Lipinski definition) is 1. The van der Waals surface area contributed by atoms with Crippen molar-refractivity contribution in [3.63, 3.8) is 0 Å². The molecule has 198 valence electrons. The van der Waals surface area contributed by atoms with Gasteiger partial charge in [-0.25, -0.2) is 9.18 Å². The van der Waals surface area contributed by atoms with E-state index in [-0.39, 0.29) is 6.42 Å². The summed E-state index contributed by atoms with van der Waals surface area (Å²) in [5.74, 6) is -47.2. The number of hydrogen-bond acceptors (Lipinski definition) is 2. The lowest BCUT2D eigenvalue weighted by molar-refractivity contribution is -0.460. The SMILES string of the molecule is CCCCCCNC(=O)OC(F)(F)C(F)(F)C(F)(F)C(F)(F)C(F)(F)C(F)(F)C(F)(F)CF. The van der Waals surface area contributed by atoms with Gasteiger partial charge in [-0.15, -0.1) is 0 Å².